The van der Waals surface area contributed by atoms with Crippen LogP contribution in [0.2, 0.25) is 0 Å². The molecule has 0 aliphatic heterocycles. The van der Waals surface area contributed by atoms with Crippen LogP contribution in [-0.4, -0.2) is 57.8 Å². The molecule has 4 rings (SSSR count). The number of hydrogen-bond donors (Lipinski definition) is 4. The van der Waals surface area contributed by atoms with Crippen LogP contribution >= 0.6 is 0 Å². The minimum Gasteiger partial charge on any atom is -0.481 e. The van der Waals surface area contributed by atoms with Gasteiger partial charge < -0.3 is 25.6 Å². The summed E-state index contributed by atoms with van der Waals surface area (Å²) in [6.45, 7) is 0.330. The zero-order valence-corrected chi connectivity index (χ0v) is 21.5. The van der Waals surface area contributed by atoms with Gasteiger partial charge in [-0.25, -0.2) is 0 Å². The van der Waals surface area contributed by atoms with E-state index in [9.17, 15) is 24.3 Å². The van der Waals surface area contributed by atoms with Gasteiger partial charge in [0.25, 0.3) is 5.91 Å². The van der Waals surface area contributed by atoms with Crippen molar-refractivity contribution in [2.75, 3.05) is 7.05 Å². The molecule has 39 heavy (non-hydrogen) atoms. The van der Waals surface area contributed by atoms with Gasteiger partial charge in [0.2, 0.25) is 11.8 Å². The number of aliphatic carboxylic acids is 1. The standard InChI is InChI=1S/C30H30N4O5/c1-34(19-21-12-6-3-7-13-21)30(39)26(16-20-10-4-2-5-11-20)33-29(38)25(17-27(35)36)32-28(37)23-18-31-24-15-9-8-14-22(23)24/h2-15,18,25-26,31H,16-17,19H2,1H3,(H,32,37)(H,33,38)(H,35,36)/t25-,26-/m0/s1. The number of carbonyl (C=O) groups is 4. The van der Waals surface area contributed by atoms with Gasteiger partial charge >= 0.3 is 5.97 Å². The maximum absolute atomic E-state index is 13.5. The molecule has 1 aromatic heterocycles. The van der Waals surface area contributed by atoms with Crippen molar-refractivity contribution in [2.45, 2.75) is 31.5 Å². The van der Waals surface area contributed by atoms with Crippen LogP contribution < -0.4 is 10.6 Å². The Balaban J connectivity index is 1.53. The number of benzene rings is 3. The molecule has 4 N–H and O–H groups in total. The highest BCUT2D eigenvalue weighted by atomic mass is 16.4. The summed E-state index contributed by atoms with van der Waals surface area (Å²) in [7, 11) is 1.65. The second-order valence-electron chi connectivity index (χ2n) is 9.30. The Labute approximate surface area is 225 Å². The molecule has 0 spiro atoms. The molecule has 4 aromatic rings. The van der Waals surface area contributed by atoms with E-state index in [1.54, 1.807) is 25.2 Å². The number of nitrogens with one attached hydrogen (secondary N) is 3. The van der Waals surface area contributed by atoms with Gasteiger partial charge in [0.1, 0.15) is 12.1 Å². The van der Waals surface area contributed by atoms with Crippen LogP contribution in [0.15, 0.2) is 91.1 Å². The smallest absolute Gasteiger partial charge is 0.305 e. The number of para-hydroxylation sites is 1. The number of rotatable bonds is 11. The Kier molecular flexibility index (Phi) is 8.73. The van der Waals surface area contributed by atoms with Crippen molar-refractivity contribution in [3.05, 3.63) is 108 Å². The van der Waals surface area contributed by atoms with Crippen molar-refractivity contribution >= 4 is 34.6 Å². The Morgan fingerprint density at radius 2 is 1.44 bits per heavy atom. The SMILES string of the molecule is CN(Cc1ccccc1)C(=O)[C@H](Cc1ccccc1)NC(=O)[C@H](CC(=O)O)NC(=O)c1c[nH]c2ccccc12. The predicted octanol–water partition coefficient (Wildman–Crippen LogP) is 3.13. The molecule has 200 valence electrons. The van der Waals surface area contributed by atoms with Gasteiger partial charge in [0, 0.05) is 37.1 Å². The van der Waals surface area contributed by atoms with Crippen LogP contribution in [0.3, 0.4) is 0 Å². The molecule has 0 radical (unpaired) electrons. The minimum absolute atomic E-state index is 0.195. The van der Waals surface area contributed by atoms with Crippen molar-refractivity contribution < 1.29 is 24.3 Å². The van der Waals surface area contributed by atoms with Crippen LogP contribution in [0, 0.1) is 0 Å². The predicted molar refractivity (Wildman–Crippen MR) is 147 cm³/mol. The van der Waals surface area contributed by atoms with E-state index < -0.39 is 36.3 Å². The number of hydrogen-bond acceptors (Lipinski definition) is 4. The van der Waals surface area contributed by atoms with Gasteiger partial charge in [-0.05, 0) is 17.2 Å². The zero-order chi connectivity index (χ0) is 27.8. The van der Waals surface area contributed by atoms with Crippen LogP contribution in [0.4, 0.5) is 0 Å². The quantitative estimate of drug-likeness (QED) is 0.239. The van der Waals surface area contributed by atoms with E-state index in [2.05, 4.69) is 15.6 Å². The molecule has 0 fully saturated rings. The fraction of sp³-hybridized carbons (Fsp3) is 0.200. The maximum atomic E-state index is 13.5. The molecule has 0 bridgehead atoms. The highest BCUT2D eigenvalue weighted by molar-refractivity contribution is 6.08. The number of H-pyrrole nitrogens is 1. The topological polar surface area (TPSA) is 132 Å². The lowest BCUT2D eigenvalue weighted by Gasteiger charge is -2.26. The van der Waals surface area contributed by atoms with E-state index in [0.717, 1.165) is 16.6 Å². The van der Waals surface area contributed by atoms with E-state index in [1.165, 1.54) is 11.1 Å². The first-order valence-corrected chi connectivity index (χ1v) is 12.5. The van der Waals surface area contributed by atoms with Crippen molar-refractivity contribution in [2.24, 2.45) is 0 Å². The molecule has 2 atom stereocenters. The van der Waals surface area contributed by atoms with Gasteiger partial charge in [-0.1, -0.05) is 78.9 Å². The number of amides is 3. The van der Waals surface area contributed by atoms with Crippen LogP contribution in [0.1, 0.15) is 27.9 Å². The molecular formula is C30H30N4O5. The fourth-order valence-electron chi connectivity index (χ4n) is 4.40. The lowest BCUT2D eigenvalue weighted by atomic mass is 10.0. The maximum Gasteiger partial charge on any atom is 0.305 e. The summed E-state index contributed by atoms with van der Waals surface area (Å²) >= 11 is 0. The van der Waals surface area contributed by atoms with Crippen LogP contribution in [-0.2, 0) is 27.3 Å². The van der Waals surface area contributed by atoms with Crippen LogP contribution in [0.5, 0.6) is 0 Å². The second kappa shape index (κ2) is 12.6. The molecule has 3 aromatic carbocycles. The number of nitrogens with zero attached hydrogens (tertiary/aromatic N) is 1. The number of aromatic amines is 1. The van der Waals surface area contributed by atoms with Gasteiger partial charge in [-0.15, -0.1) is 0 Å². The van der Waals surface area contributed by atoms with Gasteiger partial charge in [0.15, 0.2) is 0 Å². The monoisotopic (exact) mass is 526 g/mol. The van der Waals surface area contributed by atoms with Crippen molar-refractivity contribution in [3.8, 4) is 0 Å². The Hall–Kier alpha value is -4.92. The Bertz CT molecular complexity index is 1450. The van der Waals surface area contributed by atoms with Crippen LogP contribution in [0.25, 0.3) is 10.9 Å². The molecule has 0 aliphatic carbocycles. The molecular weight excluding hydrogens is 496 g/mol. The fourth-order valence-corrected chi connectivity index (χ4v) is 4.40. The zero-order valence-electron chi connectivity index (χ0n) is 21.5. The van der Waals surface area contributed by atoms with Gasteiger partial charge in [-0.3, -0.25) is 19.2 Å². The van der Waals surface area contributed by atoms with E-state index in [-0.39, 0.29) is 17.9 Å². The van der Waals surface area contributed by atoms with E-state index in [4.69, 9.17) is 0 Å². The Morgan fingerprint density at radius 1 is 0.821 bits per heavy atom. The Morgan fingerprint density at radius 3 is 2.10 bits per heavy atom. The third-order valence-corrected chi connectivity index (χ3v) is 6.37. The van der Waals surface area contributed by atoms with E-state index >= 15 is 0 Å². The molecule has 0 saturated heterocycles. The van der Waals surface area contributed by atoms with Crippen molar-refractivity contribution in [1.82, 2.24) is 20.5 Å². The number of fused-ring (bicyclic) bond motifs is 1. The third kappa shape index (κ3) is 7.10. The summed E-state index contributed by atoms with van der Waals surface area (Å²) in [6.07, 6.45) is 1.06. The largest absolute Gasteiger partial charge is 0.481 e. The summed E-state index contributed by atoms with van der Waals surface area (Å²) < 4.78 is 0. The molecule has 0 unspecified atom stereocenters. The lowest BCUT2D eigenvalue weighted by Crippen LogP contribution is -2.55. The number of carboxylic acid groups (broad SMARTS) is 1. The third-order valence-electron chi connectivity index (χ3n) is 6.37. The van der Waals surface area contributed by atoms with Gasteiger partial charge in [-0.2, -0.15) is 0 Å². The molecule has 0 aliphatic rings. The summed E-state index contributed by atoms with van der Waals surface area (Å²) in [5.41, 5.74) is 2.76. The summed E-state index contributed by atoms with van der Waals surface area (Å²) in [5, 5.41) is 15.4. The number of likely N-dealkylation sites (N-methyl/N-ethyl adjacent to an activating group) is 1. The van der Waals surface area contributed by atoms with E-state index in [1.807, 2.05) is 66.7 Å². The summed E-state index contributed by atoms with van der Waals surface area (Å²) in [4.78, 5) is 56.0. The van der Waals surface area contributed by atoms with Crippen molar-refractivity contribution in [3.63, 3.8) is 0 Å². The minimum atomic E-state index is -1.39. The number of carboxylic acids is 1. The van der Waals surface area contributed by atoms with Crippen molar-refractivity contribution in [1.29, 1.82) is 0 Å². The first kappa shape index (κ1) is 27.1. The second-order valence-corrected chi connectivity index (χ2v) is 9.30. The van der Waals surface area contributed by atoms with Gasteiger partial charge in [0.05, 0.1) is 12.0 Å². The number of carbonyl (C=O) groups excluding carboxylic acids is 3. The first-order valence-electron chi connectivity index (χ1n) is 12.5. The normalized spacial score (nSPS) is 12.3. The molecule has 9 nitrogen and oxygen atoms in total. The summed E-state index contributed by atoms with van der Waals surface area (Å²) in [6, 6.07) is 23.4. The number of aromatic nitrogens is 1. The molecule has 1 heterocycles. The summed E-state index contributed by atoms with van der Waals surface area (Å²) in [5.74, 6) is -2.96. The average molecular weight is 527 g/mol. The molecule has 3 amide bonds. The first-order chi connectivity index (χ1) is 18.8. The molecule has 0 saturated carbocycles. The molecule has 9 heteroatoms. The lowest BCUT2D eigenvalue weighted by molar-refractivity contribution is -0.140. The highest BCUT2D eigenvalue weighted by Crippen LogP contribution is 2.18. The average Bonchev–Trinajstić information content (AvgIpc) is 3.37. The van der Waals surface area contributed by atoms with E-state index in [0.29, 0.717) is 11.9 Å². The highest BCUT2D eigenvalue weighted by Gasteiger charge is 2.30.